The highest BCUT2D eigenvalue weighted by Gasteiger charge is 2.13. The lowest BCUT2D eigenvalue weighted by Gasteiger charge is -2.10. The van der Waals surface area contributed by atoms with E-state index in [1.54, 1.807) is 11.3 Å². The minimum absolute atomic E-state index is 0.702. The average Bonchev–Trinajstić information content (AvgIpc) is 3.49. The number of aryl methyl sites for hydroxylation is 1. The molecule has 0 aliphatic carbocycles. The molecule has 5 rings (SSSR count). The Bertz CT molecular complexity index is 1230. The molecule has 0 bridgehead atoms. The van der Waals surface area contributed by atoms with Gasteiger partial charge in [0, 0.05) is 18.5 Å². The maximum atomic E-state index is 4.84. The summed E-state index contributed by atoms with van der Waals surface area (Å²) in [5.41, 5.74) is 5.81. The second-order valence-corrected chi connectivity index (χ2v) is 7.88. The number of benzene rings is 2. The number of imidazole rings is 1. The van der Waals surface area contributed by atoms with Crippen LogP contribution >= 0.6 is 11.3 Å². The summed E-state index contributed by atoms with van der Waals surface area (Å²) in [7, 11) is 0. The van der Waals surface area contributed by atoms with Crippen molar-refractivity contribution in [3.8, 4) is 21.8 Å². The van der Waals surface area contributed by atoms with Gasteiger partial charge in [-0.1, -0.05) is 43.3 Å². The maximum absolute atomic E-state index is 4.84. The van der Waals surface area contributed by atoms with E-state index in [9.17, 15) is 0 Å². The highest BCUT2D eigenvalue weighted by atomic mass is 32.1. The molecule has 144 valence electrons. The number of aromatic amines is 1. The van der Waals surface area contributed by atoms with Crippen LogP contribution < -0.4 is 0 Å². The Morgan fingerprint density at radius 3 is 2.69 bits per heavy atom. The van der Waals surface area contributed by atoms with E-state index in [4.69, 9.17) is 4.98 Å². The fourth-order valence-electron chi connectivity index (χ4n) is 3.66. The molecule has 0 atom stereocenters. The summed E-state index contributed by atoms with van der Waals surface area (Å²) in [4.78, 5) is 5.89. The van der Waals surface area contributed by atoms with Crippen LogP contribution in [0.5, 0.6) is 0 Å². The van der Waals surface area contributed by atoms with E-state index in [2.05, 4.69) is 86.0 Å². The Morgan fingerprint density at radius 1 is 1.03 bits per heavy atom. The van der Waals surface area contributed by atoms with E-state index in [1.807, 2.05) is 6.07 Å². The van der Waals surface area contributed by atoms with Crippen molar-refractivity contribution in [3.05, 3.63) is 71.4 Å². The molecular formula is C22H20N6S. The smallest absolute Gasteiger partial charge is 0.190 e. The Labute approximate surface area is 172 Å². The number of hydrogen-bond donors (Lipinski definition) is 1. The molecule has 0 aliphatic heterocycles. The Kier molecular flexibility index (Phi) is 4.65. The van der Waals surface area contributed by atoms with Gasteiger partial charge in [-0.2, -0.15) is 0 Å². The van der Waals surface area contributed by atoms with Gasteiger partial charge in [0.15, 0.2) is 5.82 Å². The highest BCUT2D eigenvalue weighted by molar-refractivity contribution is 7.14. The first-order chi connectivity index (χ1) is 14.3. The van der Waals surface area contributed by atoms with E-state index < -0.39 is 0 Å². The van der Waals surface area contributed by atoms with Crippen LogP contribution in [0.2, 0.25) is 0 Å². The van der Waals surface area contributed by atoms with Crippen LogP contribution in [0.4, 0.5) is 0 Å². The minimum atomic E-state index is 0.702. The van der Waals surface area contributed by atoms with Gasteiger partial charge in [-0.3, -0.25) is 0 Å². The molecule has 2 aromatic carbocycles. The number of aromatic nitrogens is 6. The first-order valence-corrected chi connectivity index (χ1v) is 10.6. The van der Waals surface area contributed by atoms with Crippen molar-refractivity contribution >= 4 is 22.4 Å². The SMILES string of the molecule is CCCc1nc2ccccc2n1Cc1ccc(-c2ccsc2-c2nnn[nH]2)cc1. The molecular weight excluding hydrogens is 380 g/mol. The molecule has 0 amide bonds. The Balaban J connectivity index is 1.46. The Morgan fingerprint density at radius 2 is 1.90 bits per heavy atom. The van der Waals surface area contributed by atoms with Gasteiger partial charge < -0.3 is 4.57 Å². The van der Waals surface area contributed by atoms with Crippen LogP contribution in [0, 0.1) is 0 Å². The molecule has 3 heterocycles. The first kappa shape index (κ1) is 17.8. The lowest BCUT2D eigenvalue weighted by Crippen LogP contribution is -2.05. The van der Waals surface area contributed by atoms with E-state index in [1.165, 1.54) is 11.1 Å². The van der Waals surface area contributed by atoms with Crippen molar-refractivity contribution in [3.63, 3.8) is 0 Å². The second kappa shape index (κ2) is 7.60. The number of para-hydroxylation sites is 2. The maximum Gasteiger partial charge on any atom is 0.190 e. The van der Waals surface area contributed by atoms with Crippen molar-refractivity contribution in [1.82, 2.24) is 30.2 Å². The number of thiophene rings is 1. The van der Waals surface area contributed by atoms with Gasteiger partial charge in [0.1, 0.15) is 5.82 Å². The summed E-state index contributed by atoms with van der Waals surface area (Å²) in [6.07, 6.45) is 2.07. The molecule has 7 heteroatoms. The summed E-state index contributed by atoms with van der Waals surface area (Å²) in [5.74, 6) is 1.85. The topological polar surface area (TPSA) is 72.3 Å². The van der Waals surface area contributed by atoms with E-state index in [0.29, 0.717) is 5.82 Å². The van der Waals surface area contributed by atoms with Gasteiger partial charge >= 0.3 is 0 Å². The van der Waals surface area contributed by atoms with Crippen molar-refractivity contribution in [2.24, 2.45) is 0 Å². The molecule has 29 heavy (non-hydrogen) atoms. The van der Waals surface area contributed by atoms with Crippen LogP contribution in [0.1, 0.15) is 24.7 Å². The van der Waals surface area contributed by atoms with Crippen LogP contribution in [-0.4, -0.2) is 30.2 Å². The third-order valence-corrected chi connectivity index (χ3v) is 5.96. The third kappa shape index (κ3) is 3.34. The molecule has 0 unspecified atom stereocenters. The second-order valence-electron chi connectivity index (χ2n) is 6.96. The molecule has 0 aliphatic rings. The lowest BCUT2D eigenvalue weighted by molar-refractivity contribution is 0.722. The highest BCUT2D eigenvalue weighted by Crippen LogP contribution is 2.34. The molecule has 0 saturated heterocycles. The predicted octanol–water partition coefficient (Wildman–Crippen LogP) is 4.95. The fraction of sp³-hybridized carbons (Fsp3) is 0.182. The summed E-state index contributed by atoms with van der Waals surface area (Å²) < 4.78 is 2.34. The summed E-state index contributed by atoms with van der Waals surface area (Å²) in [5, 5.41) is 16.4. The van der Waals surface area contributed by atoms with Crippen LogP contribution in [-0.2, 0) is 13.0 Å². The third-order valence-electron chi connectivity index (χ3n) is 5.04. The van der Waals surface area contributed by atoms with Crippen LogP contribution in [0.25, 0.3) is 32.9 Å². The summed E-state index contributed by atoms with van der Waals surface area (Å²) >= 11 is 1.63. The molecule has 3 aromatic heterocycles. The molecule has 0 spiro atoms. The molecule has 1 N–H and O–H groups in total. The van der Waals surface area contributed by atoms with E-state index >= 15 is 0 Å². The van der Waals surface area contributed by atoms with Gasteiger partial charge in [-0.25, -0.2) is 10.1 Å². The first-order valence-electron chi connectivity index (χ1n) is 9.68. The minimum Gasteiger partial charge on any atom is -0.323 e. The zero-order valence-corrected chi connectivity index (χ0v) is 16.9. The number of tetrazole rings is 1. The monoisotopic (exact) mass is 400 g/mol. The zero-order valence-electron chi connectivity index (χ0n) is 16.0. The quantitative estimate of drug-likeness (QED) is 0.438. The van der Waals surface area contributed by atoms with Gasteiger partial charge in [0.05, 0.1) is 15.9 Å². The summed E-state index contributed by atoms with van der Waals surface area (Å²) in [6.45, 7) is 3.01. The van der Waals surface area contributed by atoms with Crippen LogP contribution in [0.15, 0.2) is 60.0 Å². The number of rotatable bonds is 6. The number of nitrogens with zero attached hydrogens (tertiary/aromatic N) is 5. The lowest BCUT2D eigenvalue weighted by atomic mass is 10.0. The normalized spacial score (nSPS) is 11.3. The van der Waals surface area contributed by atoms with E-state index in [-0.39, 0.29) is 0 Å². The van der Waals surface area contributed by atoms with Crippen LogP contribution in [0.3, 0.4) is 0 Å². The largest absolute Gasteiger partial charge is 0.323 e. The molecule has 0 fully saturated rings. The van der Waals surface area contributed by atoms with Gasteiger partial charge in [-0.15, -0.1) is 16.4 Å². The average molecular weight is 401 g/mol. The summed E-state index contributed by atoms with van der Waals surface area (Å²) in [6, 6.07) is 19.2. The zero-order chi connectivity index (χ0) is 19.6. The Hall–Kier alpha value is -3.32. The fourth-order valence-corrected chi connectivity index (χ4v) is 4.52. The van der Waals surface area contributed by atoms with Crippen molar-refractivity contribution in [2.45, 2.75) is 26.3 Å². The number of hydrogen-bond acceptors (Lipinski definition) is 5. The van der Waals surface area contributed by atoms with E-state index in [0.717, 1.165) is 46.7 Å². The predicted molar refractivity (Wildman–Crippen MR) is 116 cm³/mol. The number of nitrogens with one attached hydrogen (secondary N) is 1. The molecule has 0 radical (unpaired) electrons. The van der Waals surface area contributed by atoms with Crippen molar-refractivity contribution in [2.75, 3.05) is 0 Å². The molecule has 5 aromatic rings. The molecule has 0 saturated carbocycles. The van der Waals surface area contributed by atoms with Gasteiger partial charge in [0.25, 0.3) is 0 Å². The number of fused-ring (bicyclic) bond motifs is 1. The van der Waals surface area contributed by atoms with Gasteiger partial charge in [0.2, 0.25) is 0 Å². The standard InChI is InChI=1S/C22H20N6S/c1-2-5-20-23-18-6-3-4-7-19(18)28(20)14-15-8-10-16(11-9-15)17-12-13-29-21(17)22-24-26-27-25-22/h3-4,6-13H,2,5,14H2,1H3,(H,24,25,26,27). The number of H-pyrrole nitrogens is 1. The van der Waals surface area contributed by atoms with Crippen molar-refractivity contribution in [1.29, 1.82) is 0 Å². The van der Waals surface area contributed by atoms with Crippen molar-refractivity contribution < 1.29 is 0 Å². The van der Waals surface area contributed by atoms with Gasteiger partial charge in [-0.05, 0) is 51.6 Å². The molecule has 6 nitrogen and oxygen atoms in total.